The summed E-state index contributed by atoms with van der Waals surface area (Å²) in [5.74, 6) is 2.23. The molecule has 5 rings (SSSR count). The molecule has 1 aromatic heterocycles. The van der Waals surface area contributed by atoms with Crippen LogP contribution in [0.15, 0.2) is 108 Å². The molecule has 0 aliphatic heterocycles. The number of para-hydroxylation sites is 1. The molecule has 0 saturated heterocycles. The first-order valence-corrected chi connectivity index (χ1v) is 14.3. The predicted molar refractivity (Wildman–Crippen MR) is 168 cm³/mol. The molecule has 0 bridgehead atoms. The van der Waals surface area contributed by atoms with E-state index in [0.717, 1.165) is 28.3 Å². The van der Waals surface area contributed by atoms with Crippen LogP contribution in [0.1, 0.15) is 32.9 Å². The number of aromatic nitrogens is 1. The van der Waals surface area contributed by atoms with E-state index in [2.05, 4.69) is 10.3 Å². The van der Waals surface area contributed by atoms with Gasteiger partial charge in [-0.25, -0.2) is 9.78 Å². The van der Waals surface area contributed by atoms with Gasteiger partial charge in [-0.15, -0.1) is 0 Å². The molecule has 0 aliphatic carbocycles. The third-order valence-electron chi connectivity index (χ3n) is 7.22. The zero-order valence-electron chi connectivity index (χ0n) is 24.9. The number of carbonyl (C=O) groups excluding carboxylic acids is 2. The number of oxazole rings is 1. The fraction of sp³-hybridized carbons (Fsp3) is 0.194. The Morgan fingerprint density at radius 2 is 1.52 bits per heavy atom. The summed E-state index contributed by atoms with van der Waals surface area (Å²) in [5.41, 5.74) is 4.24. The maximum absolute atomic E-state index is 13.2. The number of aryl methyl sites for hydroxylation is 1. The normalized spacial score (nSPS) is 11.4. The maximum atomic E-state index is 13.2. The van der Waals surface area contributed by atoms with Crippen LogP contribution in [0.2, 0.25) is 0 Å². The lowest BCUT2D eigenvalue weighted by Crippen LogP contribution is -2.33. The van der Waals surface area contributed by atoms with Crippen LogP contribution in [0, 0.1) is 6.92 Å². The number of anilines is 1. The van der Waals surface area contributed by atoms with Gasteiger partial charge >= 0.3 is 5.97 Å². The zero-order valence-corrected chi connectivity index (χ0v) is 24.9. The largest absolute Gasteiger partial charge is 0.497 e. The first-order valence-electron chi connectivity index (χ1n) is 14.3. The first kappa shape index (κ1) is 30.1. The number of nitrogens with one attached hydrogen (secondary N) is 1. The Morgan fingerprint density at radius 3 is 2.23 bits per heavy atom. The van der Waals surface area contributed by atoms with E-state index >= 15 is 0 Å². The Morgan fingerprint density at radius 1 is 0.841 bits per heavy atom. The number of ether oxygens (including phenoxy) is 3. The summed E-state index contributed by atoms with van der Waals surface area (Å²) in [6, 6.07) is 30.6. The van der Waals surface area contributed by atoms with Crippen LogP contribution in [0.5, 0.6) is 11.5 Å². The lowest BCUT2D eigenvalue weighted by atomic mass is 10.00. The van der Waals surface area contributed by atoms with Crippen molar-refractivity contribution in [2.75, 3.05) is 26.1 Å². The van der Waals surface area contributed by atoms with Crippen molar-refractivity contribution in [1.82, 2.24) is 4.98 Å². The Kier molecular flexibility index (Phi) is 9.71. The van der Waals surface area contributed by atoms with Crippen molar-refractivity contribution < 1.29 is 28.2 Å². The molecule has 0 aliphatic rings. The molecule has 44 heavy (non-hydrogen) atoms. The van der Waals surface area contributed by atoms with Gasteiger partial charge in [0.05, 0.1) is 26.5 Å². The summed E-state index contributed by atoms with van der Waals surface area (Å²) in [5, 5.41) is 3.24. The van der Waals surface area contributed by atoms with Gasteiger partial charge in [-0.3, -0.25) is 4.79 Å². The molecule has 0 radical (unpaired) electrons. The van der Waals surface area contributed by atoms with Crippen molar-refractivity contribution in [3.63, 3.8) is 0 Å². The Labute approximate surface area is 256 Å². The number of nitrogens with zero attached hydrogens (tertiary/aromatic N) is 1. The summed E-state index contributed by atoms with van der Waals surface area (Å²) in [4.78, 5) is 30.6. The van der Waals surface area contributed by atoms with Crippen molar-refractivity contribution in [2.45, 2.75) is 25.8 Å². The number of ketones is 1. The van der Waals surface area contributed by atoms with Gasteiger partial charge in [-0.2, -0.15) is 0 Å². The van der Waals surface area contributed by atoms with Gasteiger partial charge in [0.2, 0.25) is 5.89 Å². The third kappa shape index (κ3) is 7.33. The molecule has 224 valence electrons. The highest BCUT2D eigenvalue weighted by Gasteiger charge is 2.23. The molecule has 8 nitrogen and oxygen atoms in total. The molecule has 5 aromatic rings. The molecule has 0 unspecified atom stereocenters. The van der Waals surface area contributed by atoms with Gasteiger partial charge in [0.25, 0.3) is 0 Å². The molecule has 1 atom stereocenters. The van der Waals surface area contributed by atoms with Crippen LogP contribution in [-0.4, -0.2) is 43.6 Å². The average Bonchev–Trinajstić information content (AvgIpc) is 3.45. The van der Waals surface area contributed by atoms with Crippen molar-refractivity contribution in [2.24, 2.45) is 0 Å². The van der Waals surface area contributed by atoms with Gasteiger partial charge in [0.1, 0.15) is 23.3 Å². The highest BCUT2D eigenvalue weighted by atomic mass is 16.5. The van der Waals surface area contributed by atoms with Gasteiger partial charge in [0, 0.05) is 35.2 Å². The van der Waals surface area contributed by atoms with Crippen molar-refractivity contribution in [3.8, 4) is 23.0 Å². The second-order valence-electron chi connectivity index (χ2n) is 10.2. The molecule has 0 amide bonds. The van der Waals surface area contributed by atoms with E-state index in [4.69, 9.17) is 18.6 Å². The summed E-state index contributed by atoms with van der Waals surface area (Å²) >= 11 is 0. The van der Waals surface area contributed by atoms with Crippen LogP contribution in [0.25, 0.3) is 11.5 Å². The van der Waals surface area contributed by atoms with Crippen molar-refractivity contribution in [3.05, 3.63) is 131 Å². The monoisotopic (exact) mass is 590 g/mol. The highest BCUT2D eigenvalue weighted by Crippen LogP contribution is 2.25. The Hall–Kier alpha value is -5.37. The number of rotatable bonds is 13. The van der Waals surface area contributed by atoms with Crippen LogP contribution in [0.3, 0.4) is 0 Å². The number of carbonyl (C=O) groups is 2. The number of esters is 1. The molecule has 8 heteroatoms. The summed E-state index contributed by atoms with van der Waals surface area (Å²) < 4.78 is 22.1. The second-order valence-corrected chi connectivity index (χ2v) is 10.2. The summed E-state index contributed by atoms with van der Waals surface area (Å²) in [7, 11) is 2.98. The van der Waals surface area contributed by atoms with Crippen LogP contribution in [-0.2, 0) is 22.4 Å². The summed E-state index contributed by atoms with van der Waals surface area (Å²) in [6.45, 7) is 2.32. The summed E-state index contributed by atoms with van der Waals surface area (Å²) in [6.07, 6.45) is 0.940. The van der Waals surface area contributed by atoms with Gasteiger partial charge in [-0.05, 0) is 61.0 Å². The topological polar surface area (TPSA) is 99.9 Å². The quantitative estimate of drug-likeness (QED) is 0.119. The van der Waals surface area contributed by atoms with Crippen molar-refractivity contribution >= 4 is 17.4 Å². The predicted octanol–water partition coefficient (Wildman–Crippen LogP) is 6.71. The fourth-order valence-electron chi connectivity index (χ4n) is 4.82. The number of methoxy groups -OCH3 is 2. The SMILES string of the molecule is COC(=O)[C@H](Cc1ccc(OCCc2nc(-c3ccc(OC)cc3)oc2C)cc1)Nc1ccccc1C(=O)c1ccccc1. The number of benzene rings is 4. The minimum absolute atomic E-state index is 0.128. The van der Waals surface area contributed by atoms with E-state index in [-0.39, 0.29) is 5.78 Å². The molecule has 1 N–H and O–H groups in total. The van der Waals surface area contributed by atoms with Gasteiger partial charge < -0.3 is 23.9 Å². The lowest BCUT2D eigenvalue weighted by molar-refractivity contribution is -0.141. The van der Waals surface area contributed by atoms with E-state index < -0.39 is 12.0 Å². The Balaban J connectivity index is 1.20. The van der Waals surface area contributed by atoms with Crippen LogP contribution >= 0.6 is 0 Å². The molecule has 0 fully saturated rings. The standard InChI is InChI=1S/C36H34N2O6/c1-24-31(38-35(44-24)27-15-19-28(41-2)20-16-27)21-22-43-29-17-13-25(14-18-29)23-33(36(40)42-3)37-32-12-8-7-11-30(32)34(39)26-9-5-4-6-10-26/h4-20,33,37H,21-23H2,1-3H3/t33-/m0/s1. The van der Waals surface area contributed by atoms with E-state index in [1.807, 2.05) is 79.7 Å². The van der Waals surface area contributed by atoms with E-state index in [1.54, 1.807) is 37.4 Å². The van der Waals surface area contributed by atoms with Crippen molar-refractivity contribution in [1.29, 1.82) is 0 Å². The molecule has 0 saturated carbocycles. The lowest BCUT2D eigenvalue weighted by Gasteiger charge is -2.20. The van der Waals surface area contributed by atoms with Gasteiger partial charge in [-0.1, -0.05) is 54.6 Å². The molecule has 4 aromatic carbocycles. The molecule has 1 heterocycles. The number of hydrogen-bond acceptors (Lipinski definition) is 8. The number of hydrogen-bond donors (Lipinski definition) is 1. The average molecular weight is 591 g/mol. The highest BCUT2D eigenvalue weighted by molar-refractivity contribution is 6.12. The van der Waals surface area contributed by atoms with Gasteiger partial charge in [0.15, 0.2) is 5.78 Å². The fourth-order valence-corrected chi connectivity index (χ4v) is 4.82. The van der Waals surface area contributed by atoms with Crippen LogP contribution < -0.4 is 14.8 Å². The molecular formula is C36H34N2O6. The minimum atomic E-state index is -0.702. The maximum Gasteiger partial charge on any atom is 0.328 e. The Bertz CT molecular complexity index is 1700. The molecular weight excluding hydrogens is 556 g/mol. The second kappa shape index (κ2) is 14.2. The zero-order chi connectivity index (χ0) is 30.9. The molecule has 0 spiro atoms. The first-order chi connectivity index (χ1) is 21.4. The van der Waals surface area contributed by atoms with E-state index in [1.165, 1.54) is 7.11 Å². The third-order valence-corrected chi connectivity index (χ3v) is 7.22. The smallest absolute Gasteiger partial charge is 0.328 e. The minimum Gasteiger partial charge on any atom is -0.497 e. The van der Waals surface area contributed by atoms with Crippen LogP contribution in [0.4, 0.5) is 5.69 Å². The van der Waals surface area contributed by atoms with E-state index in [9.17, 15) is 9.59 Å². The van der Waals surface area contributed by atoms with E-state index in [0.29, 0.717) is 47.9 Å².